The Labute approximate surface area is 325 Å². The second-order valence-corrected chi connectivity index (χ2v) is 14.4. The summed E-state index contributed by atoms with van der Waals surface area (Å²) in [5, 5.41) is 12.6. The summed E-state index contributed by atoms with van der Waals surface area (Å²) in [6.45, 7) is 0. The molecule has 0 aliphatic rings. The molecule has 0 unspecified atom stereocenters. The molecule has 11 rings (SSSR count). The van der Waals surface area contributed by atoms with Gasteiger partial charge in [-0.2, -0.15) is 5.10 Å². The molecule has 0 radical (unpaired) electrons. The van der Waals surface area contributed by atoms with Crippen molar-refractivity contribution < 1.29 is 0 Å². The van der Waals surface area contributed by atoms with E-state index in [0.717, 1.165) is 33.9 Å². The lowest BCUT2D eigenvalue weighted by Gasteiger charge is -2.12. The fourth-order valence-corrected chi connectivity index (χ4v) is 8.48. The number of nitrogens with zero attached hydrogens (tertiary/aromatic N) is 3. The van der Waals surface area contributed by atoms with Gasteiger partial charge in [0.05, 0.1) is 28.1 Å². The smallest absolute Gasteiger partial charge is 0.0934 e. The Bertz CT molecular complexity index is 3080. The highest BCUT2D eigenvalue weighted by atomic mass is 15.3. The average Bonchev–Trinajstić information content (AvgIpc) is 3.86. The van der Waals surface area contributed by atoms with E-state index < -0.39 is 0 Å². The summed E-state index contributed by atoms with van der Waals surface area (Å²) in [6.07, 6.45) is 0. The minimum absolute atomic E-state index is 0.944. The van der Waals surface area contributed by atoms with Crippen LogP contribution in [0.25, 0.3) is 99.5 Å². The standard InChI is InChI=1S/C53H35N3/c1-3-15-38(16-4-1)50-35-53(39-17-5-2-6-18-39)56(54-50)43-29-27-42(28-30-43)55-51-31-25-40(46-23-11-19-36-13-7-9-21-44(36)46)33-48(51)49-34-41(26-32-52(49)55)47-24-12-20-37-14-8-10-22-45(37)47/h1-35H. The normalized spacial score (nSPS) is 11.6. The third kappa shape index (κ3) is 5.32. The van der Waals surface area contributed by atoms with Gasteiger partial charge in [-0.05, 0) is 98.4 Å². The molecule has 9 aromatic carbocycles. The van der Waals surface area contributed by atoms with E-state index in [-0.39, 0.29) is 0 Å². The number of fused-ring (bicyclic) bond motifs is 5. The highest BCUT2D eigenvalue weighted by Crippen LogP contribution is 2.40. The van der Waals surface area contributed by atoms with Crippen LogP contribution in [0.15, 0.2) is 212 Å². The van der Waals surface area contributed by atoms with Crippen molar-refractivity contribution in [3.8, 4) is 56.1 Å². The second kappa shape index (κ2) is 13.1. The molecule has 0 spiro atoms. The Hall–Kier alpha value is -7.49. The minimum atomic E-state index is 0.944. The van der Waals surface area contributed by atoms with Gasteiger partial charge in [0.25, 0.3) is 0 Å². The monoisotopic (exact) mass is 713 g/mol. The van der Waals surface area contributed by atoms with Crippen molar-refractivity contribution in [1.82, 2.24) is 14.3 Å². The molecule has 2 heterocycles. The maximum Gasteiger partial charge on any atom is 0.0934 e. The molecule has 0 fully saturated rings. The lowest BCUT2D eigenvalue weighted by atomic mass is 9.95. The molecule has 3 heteroatoms. The first-order valence-corrected chi connectivity index (χ1v) is 19.1. The summed E-state index contributed by atoms with van der Waals surface area (Å²) in [5.74, 6) is 0. The van der Waals surface area contributed by atoms with Gasteiger partial charge in [0.1, 0.15) is 0 Å². The van der Waals surface area contributed by atoms with Gasteiger partial charge in [0.15, 0.2) is 0 Å². The minimum Gasteiger partial charge on any atom is -0.309 e. The molecular weight excluding hydrogens is 679 g/mol. The van der Waals surface area contributed by atoms with E-state index >= 15 is 0 Å². The van der Waals surface area contributed by atoms with Gasteiger partial charge in [0, 0.05) is 27.6 Å². The molecule has 0 saturated heterocycles. The van der Waals surface area contributed by atoms with Crippen molar-refractivity contribution in [3.63, 3.8) is 0 Å². The van der Waals surface area contributed by atoms with Crippen LogP contribution in [0.2, 0.25) is 0 Å². The molecule has 0 saturated carbocycles. The molecule has 0 bridgehead atoms. The first-order valence-electron chi connectivity index (χ1n) is 19.1. The maximum atomic E-state index is 5.15. The van der Waals surface area contributed by atoms with E-state index in [0.29, 0.717) is 0 Å². The highest BCUT2D eigenvalue weighted by molar-refractivity contribution is 6.13. The Morgan fingerprint density at radius 2 is 0.804 bits per heavy atom. The van der Waals surface area contributed by atoms with Crippen LogP contribution < -0.4 is 0 Å². The summed E-state index contributed by atoms with van der Waals surface area (Å²) in [4.78, 5) is 0. The van der Waals surface area contributed by atoms with Gasteiger partial charge >= 0.3 is 0 Å². The molecule has 0 atom stereocenters. The van der Waals surface area contributed by atoms with Crippen LogP contribution in [0.3, 0.4) is 0 Å². The topological polar surface area (TPSA) is 22.8 Å². The van der Waals surface area contributed by atoms with Gasteiger partial charge in [-0.1, -0.05) is 158 Å². The van der Waals surface area contributed by atoms with E-state index in [1.54, 1.807) is 0 Å². The van der Waals surface area contributed by atoms with E-state index in [9.17, 15) is 0 Å². The predicted molar refractivity (Wildman–Crippen MR) is 235 cm³/mol. The summed E-state index contributed by atoms with van der Waals surface area (Å²) in [7, 11) is 0. The lowest BCUT2D eigenvalue weighted by Crippen LogP contribution is -2.00. The van der Waals surface area contributed by atoms with Crippen molar-refractivity contribution in [2.75, 3.05) is 0 Å². The zero-order chi connectivity index (χ0) is 37.0. The molecule has 56 heavy (non-hydrogen) atoms. The molecule has 0 aliphatic heterocycles. The Morgan fingerprint density at radius 3 is 1.38 bits per heavy atom. The van der Waals surface area contributed by atoms with E-state index in [1.165, 1.54) is 65.6 Å². The Kier molecular flexibility index (Phi) is 7.49. The van der Waals surface area contributed by atoms with Crippen LogP contribution in [-0.2, 0) is 0 Å². The Balaban J connectivity index is 1.09. The van der Waals surface area contributed by atoms with Gasteiger partial charge in [-0.3, -0.25) is 0 Å². The van der Waals surface area contributed by atoms with Crippen molar-refractivity contribution >= 4 is 43.4 Å². The van der Waals surface area contributed by atoms with E-state index in [2.05, 4.69) is 216 Å². The first kappa shape index (κ1) is 32.0. The molecular formula is C53H35N3. The highest BCUT2D eigenvalue weighted by Gasteiger charge is 2.18. The molecule has 2 aromatic heterocycles. The van der Waals surface area contributed by atoms with Gasteiger partial charge in [0.2, 0.25) is 0 Å². The molecule has 262 valence electrons. The van der Waals surface area contributed by atoms with Crippen LogP contribution in [0, 0.1) is 0 Å². The van der Waals surface area contributed by atoms with Crippen LogP contribution in [0.1, 0.15) is 0 Å². The number of hydrogen-bond donors (Lipinski definition) is 0. The fourth-order valence-electron chi connectivity index (χ4n) is 8.48. The number of aromatic nitrogens is 3. The van der Waals surface area contributed by atoms with Crippen molar-refractivity contribution in [3.05, 3.63) is 212 Å². The zero-order valence-corrected chi connectivity index (χ0v) is 30.5. The van der Waals surface area contributed by atoms with Crippen molar-refractivity contribution in [1.29, 1.82) is 0 Å². The molecule has 3 nitrogen and oxygen atoms in total. The number of benzene rings is 9. The lowest BCUT2D eigenvalue weighted by molar-refractivity contribution is 0.891. The first-order chi connectivity index (χ1) is 27.8. The molecule has 11 aromatic rings. The van der Waals surface area contributed by atoms with E-state index in [4.69, 9.17) is 5.10 Å². The SMILES string of the molecule is c1ccc(-c2cc(-c3ccccc3)n(-c3ccc(-n4c5ccc(-c6cccc7ccccc67)cc5c5cc(-c6cccc7ccccc67)ccc54)cc3)n2)cc1. The molecule has 0 N–H and O–H groups in total. The summed E-state index contributed by atoms with van der Waals surface area (Å²) >= 11 is 0. The summed E-state index contributed by atoms with van der Waals surface area (Å²) in [6, 6.07) is 76.4. The van der Waals surface area contributed by atoms with Crippen molar-refractivity contribution in [2.24, 2.45) is 0 Å². The Morgan fingerprint density at radius 1 is 0.321 bits per heavy atom. The van der Waals surface area contributed by atoms with Crippen LogP contribution in [-0.4, -0.2) is 14.3 Å². The number of hydrogen-bond acceptors (Lipinski definition) is 1. The average molecular weight is 714 g/mol. The molecule has 0 aliphatic carbocycles. The quantitative estimate of drug-likeness (QED) is 0.168. The third-order valence-corrected chi connectivity index (χ3v) is 11.2. The van der Waals surface area contributed by atoms with Gasteiger partial charge < -0.3 is 4.57 Å². The largest absolute Gasteiger partial charge is 0.309 e. The third-order valence-electron chi connectivity index (χ3n) is 11.2. The van der Waals surface area contributed by atoms with Crippen LogP contribution in [0.5, 0.6) is 0 Å². The molecule has 0 amide bonds. The van der Waals surface area contributed by atoms with Gasteiger partial charge in [-0.15, -0.1) is 0 Å². The van der Waals surface area contributed by atoms with Crippen LogP contribution >= 0.6 is 0 Å². The summed E-state index contributed by atoms with van der Waals surface area (Å²) < 4.78 is 4.48. The van der Waals surface area contributed by atoms with Crippen LogP contribution in [0.4, 0.5) is 0 Å². The predicted octanol–water partition coefficient (Wildman–Crippen LogP) is 13.9. The number of rotatable bonds is 6. The summed E-state index contributed by atoms with van der Waals surface area (Å²) in [5.41, 5.74) is 13.6. The van der Waals surface area contributed by atoms with Crippen molar-refractivity contribution in [2.45, 2.75) is 0 Å². The second-order valence-electron chi connectivity index (χ2n) is 14.4. The fraction of sp³-hybridized carbons (Fsp3) is 0. The van der Waals surface area contributed by atoms with E-state index in [1.807, 2.05) is 6.07 Å². The van der Waals surface area contributed by atoms with Gasteiger partial charge in [-0.25, -0.2) is 4.68 Å². The maximum absolute atomic E-state index is 5.15. The zero-order valence-electron chi connectivity index (χ0n) is 30.5.